The summed E-state index contributed by atoms with van der Waals surface area (Å²) in [6.45, 7) is 4.30. The molecule has 0 fully saturated rings. The second-order valence-corrected chi connectivity index (χ2v) is 15.1. The Labute approximate surface area is 312 Å². The van der Waals surface area contributed by atoms with Gasteiger partial charge < -0.3 is 15.5 Å². The Morgan fingerprint density at radius 1 is 0.460 bits per heavy atom. The average molecular weight is 702 g/mol. The Hall–Kier alpha value is -1.39. The third-order valence-electron chi connectivity index (χ3n) is 10.1. The Bertz CT molecular complexity index is 760. The van der Waals surface area contributed by atoms with Crippen LogP contribution in [0.4, 0.5) is 0 Å². The average Bonchev–Trinajstić information content (AvgIpc) is 3.12. The van der Waals surface area contributed by atoms with Gasteiger partial charge in [0.05, 0.1) is 18.8 Å². The number of aliphatic hydroxyl groups is 2. The summed E-state index contributed by atoms with van der Waals surface area (Å²) in [5.41, 5.74) is 0. The predicted molar refractivity (Wildman–Crippen MR) is 221 cm³/mol. The monoisotopic (exact) mass is 702 g/mol. The van der Waals surface area contributed by atoms with E-state index < -0.39 is 12.1 Å². The van der Waals surface area contributed by atoms with E-state index in [4.69, 9.17) is 0 Å². The highest BCUT2D eigenvalue weighted by molar-refractivity contribution is 5.76. The van der Waals surface area contributed by atoms with Gasteiger partial charge >= 0.3 is 0 Å². The number of rotatable bonds is 40. The van der Waals surface area contributed by atoms with Gasteiger partial charge in [-0.15, -0.1) is 0 Å². The van der Waals surface area contributed by atoms with Gasteiger partial charge in [-0.1, -0.05) is 204 Å². The SMILES string of the molecule is CCCCCCCCCCC/C=C\CCCCCCCC(=O)NC(CO)C(O)/C=C/CC/C=C/CCCCCCCCCCCCCCCC. The van der Waals surface area contributed by atoms with Crippen LogP contribution in [0.1, 0.15) is 232 Å². The van der Waals surface area contributed by atoms with Crippen LogP contribution in [-0.2, 0) is 4.79 Å². The van der Waals surface area contributed by atoms with Gasteiger partial charge in [0, 0.05) is 6.42 Å². The third kappa shape index (κ3) is 37.9. The summed E-state index contributed by atoms with van der Waals surface area (Å²) in [6.07, 6.45) is 55.4. The number of amides is 1. The molecule has 294 valence electrons. The Morgan fingerprint density at radius 2 is 0.780 bits per heavy atom. The molecule has 0 aliphatic rings. The molecule has 50 heavy (non-hydrogen) atoms. The molecule has 4 nitrogen and oxygen atoms in total. The molecular weight excluding hydrogens is 615 g/mol. The number of hydrogen-bond donors (Lipinski definition) is 3. The maximum absolute atomic E-state index is 12.4. The Morgan fingerprint density at radius 3 is 1.16 bits per heavy atom. The fourth-order valence-corrected chi connectivity index (χ4v) is 6.66. The lowest BCUT2D eigenvalue weighted by Crippen LogP contribution is -2.45. The molecule has 0 saturated carbocycles. The summed E-state index contributed by atoms with van der Waals surface area (Å²) in [7, 11) is 0. The summed E-state index contributed by atoms with van der Waals surface area (Å²) >= 11 is 0. The number of allylic oxidation sites excluding steroid dienone is 5. The van der Waals surface area contributed by atoms with Gasteiger partial charge in [0.15, 0.2) is 0 Å². The second kappa shape index (κ2) is 42.0. The standard InChI is InChI=1S/C46H87NO3/c1-3-5-7-9-11-13-15-17-19-21-23-24-25-27-29-31-33-35-37-39-41-45(49)44(43-48)47-46(50)42-40-38-36-34-32-30-28-26-22-20-18-16-14-12-10-8-6-4-2/h26,28,31,33,39,41,44-45,48-49H,3-25,27,29-30,32,34-38,40,42-43H2,1-2H3,(H,47,50)/b28-26-,33-31+,41-39+. The van der Waals surface area contributed by atoms with Crippen LogP contribution in [0.5, 0.6) is 0 Å². The van der Waals surface area contributed by atoms with Gasteiger partial charge in [0.1, 0.15) is 0 Å². The normalized spacial score (nSPS) is 13.3. The molecule has 0 aromatic rings. The van der Waals surface area contributed by atoms with Crippen molar-refractivity contribution in [3.8, 4) is 0 Å². The Balaban J connectivity index is 3.62. The lowest BCUT2D eigenvalue weighted by molar-refractivity contribution is -0.123. The fraction of sp³-hybridized carbons (Fsp3) is 0.848. The van der Waals surface area contributed by atoms with Crippen molar-refractivity contribution in [1.29, 1.82) is 0 Å². The van der Waals surface area contributed by atoms with E-state index in [-0.39, 0.29) is 12.5 Å². The smallest absolute Gasteiger partial charge is 0.220 e. The second-order valence-electron chi connectivity index (χ2n) is 15.1. The van der Waals surface area contributed by atoms with E-state index in [9.17, 15) is 15.0 Å². The van der Waals surface area contributed by atoms with Crippen molar-refractivity contribution in [3.63, 3.8) is 0 Å². The molecule has 1 amide bonds. The minimum Gasteiger partial charge on any atom is -0.394 e. The molecular formula is C46H87NO3. The van der Waals surface area contributed by atoms with E-state index in [0.717, 1.165) is 44.9 Å². The molecule has 2 atom stereocenters. The number of unbranched alkanes of at least 4 members (excludes halogenated alkanes) is 29. The molecule has 0 aliphatic heterocycles. The summed E-state index contributed by atoms with van der Waals surface area (Å²) in [5.74, 6) is -0.0812. The highest BCUT2D eigenvalue weighted by Crippen LogP contribution is 2.14. The first-order valence-electron chi connectivity index (χ1n) is 22.2. The summed E-state index contributed by atoms with van der Waals surface area (Å²) in [5, 5.41) is 23.0. The summed E-state index contributed by atoms with van der Waals surface area (Å²) in [6, 6.07) is -0.642. The molecule has 2 unspecified atom stereocenters. The van der Waals surface area contributed by atoms with E-state index in [0.29, 0.717) is 6.42 Å². The van der Waals surface area contributed by atoms with Gasteiger partial charge in [0.25, 0.3) is 0 Å². The van der Waals surface area contributed by atoms with Crippen LogP contribution in [0.2, 0.25) is 0 Å². The van der Waals surface area contributed by atoms with Crippen LogP contribution in [0.25, 0.3) is 0 Å². The lowest BCUT2D eigenvalue weighted by atomic mass is 10.0. The number of carbonyl (C=O) groups is 1. The van der Waals surface area contributed by atoms with Gasteiger partial charge in [-0.3, -0.25) is 4.79 Å². The number of carbonyl (C=O) groups excluding carboxylic acids is 1. The molecule has 0 bridgehead atoms. The molecule has 0 saturated heterocycles. The molecule has 0 radical (unpaired) electrons. The maximum Gasteiger partial charge on any atom is 0.220 e. The zero-order valence-corrected chi connectivity index (χ0v) is 33.7. The fourth-order valence-electron chi connectivity index (χ4n) is 6.66. The molecule has 0 aliphatic carbocycles. The molecule has 4 heteroatoms. The molecule has 0 aromatic carbocycles. The van der Waals surface area contributed by atoms with Crippen LogP contribution in [0, 0.1) is 0 Å². The van der Waals surface area contributed by atoms with Crippen molar-refractivity contribution in [2.75, 3.05) is 6.61 Å². The topological polar surface area (TPSA) is 69.6 Å². The van der Waals surface area contributed by atoms with Crippen molar-refractivity contribution >= 4 is 5.91 Å². The minimum absolute atomic E-state index is 0.0812. The summed E-state index contributed by atoms with van der Waals surface area (Å²) < 4.78 is 0. The van der Waals surface area contributed by atoms with Gasteiger partial charge in [0.2, 0.25) is 5.91 Å². The highest BCUT2D eigenvalue weighted by atomic mass is 16.3. The third-order valence-corrected chi connectivity index (χ3v) is 10.1. The Kier molecular flexibility index (Phi) is 40.9. The van der Waals surface area contributed by atoms with Crippen molar-refractivity contribution in [3.05, 3.63) is 36.5 Å². The predicted octanol–water partition coefficient (Wildman–Crippen LogP) is 13.8. The van der Waals surface area contributed by atoms with Crippen LogP contribution in [0.3, 0.4) is 0 Å². The summed E-state index contributed by atoms with van der Waals surface area (Å²) in [4.78, 5) is 12.4. The maximum atomic E-state index is 12.4. The number of aliphatic hydroxyl groups excluding tert-OH is 2. The first-order valence-corrected chi connectivity index (χ1v) is 22.2. The molecule has 0 heterocycles. The van der Waals surface area contributed by atoms with Crippen LogP contribution in [0.15, 0.2) is 36.5 Å². The zero-order chi connectivity index (χ0) is 36.4. The largest absolute Gasteiger partial charge is 0.394 e. The minimum atomic E-state index is -0.864. The van der Waals surface area contributed by atoms with E-state index in [1.807, 2.05) is 6.08 Å². The number of nitrogens with one attached hydrogen (secondary N) is 1. The van der Waals surface area contributed by atoms with Crippen LogP contribution < -0.4 is 5.32 Å². The highest BCUT2D eigenvalue weighted by Gasteiger charge is 2.17. The van der Waals surface area contributed by atoms with Crippen LogP contribution in [-0.4, -0.2) is 34.9 Å². The zero-order valence-electron chi connectivity index (χ0n) is 33.7. The lowest BCUT2D eigenvalue weighted by Gasteiger charge is -2.19. The number of hydrogen-bond acceptors (Lipinski definition) is 3. The first-order chi connectivity index (χ1) is 24.7. The van der Waals surface area contributed by atoms with Crippen molar-refractivity contribution in [2.24, 2.45) is 0 Å². The van der Waals surface area contributed by atoms with Gasteiger partial charge in [-0.2, -0.15) is 0 Å². The van der Waals surface area contributed by atoms with Crippen LogP contribution >= 0.6 is 0 Å². The van der Waals surface area contributed by atoms with Crippen molar-refractivity contribution in [1.82, 2.24) is 5.32 Å². The molecule has 0 rings (SSSR count). The van der Waals surface area contributed by atoms with Gasteiger partial charge in [-0.25, -0.2) is 0 Å². The molecule has 0 spiro atoms. The van der Waals surface area contributed by atoms with Crippen molar-refractivity contribution < 1.29 is 15.0 Å². The molecule has 0 aromatic heterocycles. The van der Waals surface area contributed by atoms with E-state index in [2.05, 4.69) is 43.5 Å². The van der Waals surface area contributed by atoms with E-state index in [1.165, 1.54) is 167 Å². The molecule has 3 N–H and O–H groups in total. The first kappa shape index (κ1) is 48.6. The van der Waals surface area contributed by atoms with Crippen molar-refractivity contribution in [2.45, 2.75) is 244 Å². The quantitative estimate of drug-likeness (QED) is 0.0440. The van der Waals surface area contributed by atoms with E-state index in [1.54, 1.807) is 6.08 Å². The van der Waals surface area contributed by atoms with Gasteiger partial charge in [-0.05, 0) is 57.8 Å². The van der Waals surface area contributed by atoms with E-state index >= 15 is 0 Å².